The summed E-state index contributed by atoms with van der Waals surface area (Å²) >= 11 is 1.60. The predicted molar refractivity (Wildman–Crippen MR) is 166 cm³/mol. The van der Waals surface area contributed by atoms with E-state index in [-0.39, 0.29) is 0 Å². The lowest BCUT2D eigenvalue weighted by atomic mass is 9.90. The first-order valence-corrected chi connectivity index (χ1v) is 15.3. The van der Waals surface area contributed by atoms with Gasteiger partial charge in [0.1, 0.15) is 17.8 Å². The first kappa shape index (κ1) is 26.1. The number of thiazole rings is 1. The van der Waals surface area contributed by atoms with Crippen molar-refractivity contribution in [2.45, 2.75) is 37.8 Å². The molecule has 2 aromatic carbocycles. The Bertz CT molecular complexity index is 1610. The van der Waals surface area contributed by atoms with Crippen LogP contribution in [0.4, 0.5) is 16.6 Å². The summed E-state index contributed by atoms with van der Waals surface area (Å²) in [5.74, 6) is 0.473. The van der Waals surface area contributed by atoms with E-state index >= 15 is 0 Å². The molecule has 9 nitrogen and oxygen atoms in total. The van der Waals surface area contributed by atoms with E-state index in [9.17, 15) is 0 Å². The molecule has 0 amide bonds. The maximum absolute atomic E-state index is 6.42. The van der Waals surface area contributed by atoms with E-state index in [4.69, 9.17) is 15.8 Å². The summed E-state index contributed by atoms with van der Waals surface area (Å²) < 4.78 is 2.12. The lowest BCUT2D eigenvalue weighted by Gasteiger charge is -2.41. The molecule has 3 N–H and O–H groups in total. The molecule has 0 atom stereocenters. The van der Waals surface area contributed by atoms with E-state index in [1.165, 1.54) is 25.9 Å². The van der Waals surface area contributed by atoms with Crippen LogP contribution in [-0.4, -0.2) is 73.8 Å². The SMILES string of the molecule is CN1CCN([C@H]2CC[C@@H](n3nc(-c4ccc(Nc5nc(-c6ccccc6)cs5)cc4)c4c(N)ncnc43)CC2)CC1. The van der Waals surface area contributed by atoms with Gasteiger partial charge in [-0.05, 0) is 44.9 Å². The number of likely N-dealkylation sites (N-methyl/N-ethyl adjacent to an activating group) is 1. The van der Waals surface area contributed by atoms with Crippen molar-refractivity contribution < 1.29 is 0 Å². The second kappa shape index (κ2) is 11.2. The standard InChI is InChI=1S/C31H35N9S/c1-38-15-17-39(18-16-38)24-11-13-25(14-12-24)40-30-27(29(32)33-20-34-30)28(37-40)22-7-9-23(10-8-22)35-31-36-26(19-41-31)21-5-3-2-4-6-21/h2-10,19-20,24-25H,11-18H2,1H3,(H,35,36)(H2,32,33,34)/t24-,25+. The molecule has 1 aliphatic heterocycles. The van der Waals surface area contributed by atoms with Gasteiger partial charge in [0.05, 0.1) is 17.1 Å². The van der Waals surface area contributed by atoms with Gasteiger partial charge in [-0.25, -0.2) is 19.6 Å². The molecule has 0 unspecified atom stereocenters. The third-order valence-corrected chi connectivity index (χ3v) is 9.33. The fourth-order valence-electron chi connectivity index (χ4n) is 6.21. The Balaban J connectivity index is 1.09. The predicted octanol–water partition coefficient (Wildman–Crippen LogP) is 5.67. The van der Waals surface area contributed by atoms with E-state index < -0.39 is 0 Å². The molecular formula is C31H35N9S. The molecule has 1 saturated carbocycles. The van der Waals surface area contributed by atoms with Crippen LogP contribution in [-0.2, 0) is 0 Å². The van der Waals surface area contributed by atoms with Crippen molar-refractivity contribution in [3.05, 3.63) is 66.3 Å². The smallest absolute Gasteiger partial charge is 0.187 e. The number of nitrogens with zero attached hydrogens (tertiary/aromatic N) is 7. The molecule has 0 bridgehead atoms. The molecule has 4 heterocycles. The number of piperazine rings is 1. The van der Waals surface area contributed by atoms with Crippen LogP contribution in [0.3, 0.4) is 0 Å². The van der Waals surface area contributed by atoms with Crippen LogP contribution in [0.15, 0.2) is 66.3 Å². The summed E-state index contributed by atoms with van der Waals surface area (Å²) in [7, 11) is 2.22. The summed E-state index contributed by atoms with van der Waals surface area (Å²) in [6.45, 7) is 4.67. The van der Waals surface area contributed by atoms with Crippen LogP contribution in [0, 0.1) is 0 Å². The Morgan fingerprint density at radius 1 is 0.854 bits per heavy atom. The van der Waals surface area contributed by atoms with E-state index in [1.807, 2.05) is 18.2 Å². The number of nitrogen functional groups attached to an aromatic ring is 1. The number of benzene rings is 2. The maximum Gasteiger partial charge on any atom is 0.187 e. The van der Waals surface area contributed by atoms with Crippen molar-refractivity contribution in [3.63, 3.8) is 0 Å². The molecule has 3 aromatic heterocycles. The van der Waals surface area contributed by atoms with Gasteiger partial charge in [0.15, 0.2) is 10.8 Å². The number of rotatable bonds is 6. The Hall–Kier alpha value is -3.86. The molecule has 10 heteroatoms. The molecule has 41 heavy (non-hydrogen) atoms. The highest BCUT2D eigenvalue weighted by molar-refractivity contribution is 7.14. The van der Waals surface area contributed by atoms with E-state index in [0.717, 1.165) is 70.3 Å². The highest BCUT2D eigenvalue weighted by Gasteiger charge is 2.30. The molecule has 0 radical (unpaired) electrons. The van der Waals surface area contributed by atoms with Crippen LogP contribution >= 0.6 is 11.3 Å². The van der Waals surface area contributed by atoms with Crippen LogP contribution in [0.2, 0.25) is 0 Å². The van der Waals surface area contributed by atoms with Crippen LogP contribution < -0.4 is 11.1 Å². The molecule has 0 spiro atoms. The third kappa shape index (κ3) is 5.30. The highest BCUT2D eigenvalue weighted by atomic mass is 32.1. The zero-order chi connectivity index (χ0) is 27.8. The summed E-state index contributed by atoms with van der Waals surface area (Å²) in [6, 6.07) is 19.5. The molecule has 1 saturated heterocycles. The zero-order valence-corrected chi connectivity index (χ0v) is 24.1. The van der Waals surface area contributed by atoms with Crippen molar-refractivity contribution in [1.29, 1.82) is 0 Å². The number of nitrogens with two attached hydrogens (primary N) is 1. The second-order valence-corrected chi connectivity index (χ2v) is 12.0. The minimum absolute atomic E-state index is 0.314. The second-order valence-electron chi connectivity index (χ2n) is 11.2. The Morgan fingerprint density at radius 3 is 2.34 bits per heavy atom. The minimum Gasteiger partial charge on any atom is -0.383 e. The van der Waals surface area contributed by atoms with Crippen molar-refractivity contribution in [1.82, 2.24) is 34.5 Å². The summed E-state index contributed by atoms with van der Waals surface area (Å²) in [4.78, 5) is 18.8. The third-order valence-electron chi connectivity index (χ3n) is 8.57. The molecule has 2 fully saturated rings. The minimum atomic E-state index is 0.314. The lowest BCUT2D eigenvalue weighted by molar-refractivity contribution is 0.0815. The van der Waals surface area contributed by atoms with Crippen LogP contribution in [0.1, 0.15) is 31.7 Å². The molecule has 7 rings (SSSR count). The molecule has 1 aliphatic carbocycles. The van der Waals surface area contributed by atoms with Gasteiger partial charge in [0.25, 0.3) is 0 Å². The summed E-state index contributed by atoms with van der Waals surface area (Å²) in [6.07, 6.45) is 6.13. The van der Waals surface area contributed by atoms with Gasteiger partial charge in [-0.15, -0.1) is 11.3 Å². The van der Waals surface area contributed by atoms with Gasteiger partial charge >= 0.3 is 0 Å². The number of aromatic nitrogens is 5. The van der Waals surface area contributed by atoms with Gasteiger partial charge in [-0.2, -0.15) is 5.10 Å². The van der Waals surface area contributed by atoms with E-state index in [0.29, 0.717) is 17.9 Å². The Morgan fingerprint density at radius 2 is 1.59 bits per heavy atom. The van der Waals surface area contributed by atoms with Gasteiger partial charge in [-0.3, -0.25) is 4.90 Å². The molecule has 210 valence electrons. The van der Waals surface area contributed by atoms with Crippen LogP contribution in [0.25, 0.3) is 33.5 Å². The molecular weight excluding hydrogens is 530 g/mol. The number of hydrogen-bond donors (Lipinski definition) is 2. The van der Waals surface area contributed by atoms with Crippen molar-refractivity contribution in [3.8, 4) is 22.5 Å². The maximum atomic E-state index is 6.42. The van der Waals surface area contributed by atoms with Gasteiger partial charge in [0.2, 0.25) is 0 Å². The van der Waals surface area contributed by atoms with Crippen LogP contribution in [0.5, 0.6) is 0 Å². The largest absolute Gasteiger partial charge is 0.383 e. The average molecular weight is 566 g/mol. The summed E-state index contributed by atoms with van der Waals surface area (Å²) in [5, 5.41) is 12.3. The van der Waals surface area contributed by atoms with Gasteiger partial charge < -0.3 is 16.0 Å². The fraction of sp³-hybridized carbons (Fsp3) is 0.355. The zero-order valence-electron chi connectivity index (χ0n) is 23.3. The van der Waals surface area contributed by atoms with Crippen molar-refractivity contribution in [2.24, 2.45) is 0 Å². The number of fused-ring (bicyclic) bond motifs is 1. The highest BCUT2D eigenvalue weighted by Crippen LogP contribution is 2.37. The quantitative estimate of drug-likeness (QED) is 0.272. The van der Waals surface area contributed by atoms with Gasteiger partial charge in [-0.1, -0.05) is 42.5 Å². The number of hydrogen-bond acceptors (Lipinski definition) is 9. The van der Waals surface area contributed by atoms with Crippen molar-refractivity contribution >= 4 is 39.0 Å². The number of nitrogens with one attached hydrogen (secondary N) is 1. The fourth-order valence-corrected chi connectivity index (χ4v) is 6.95. The number of anilines is 3. The first-order valence-electron chi connectivity index (χ1n) is 14.4. The lowest BCUT2D eigenvalue weighted by Crippen LogP contribution is -2.49. The normalized spacial score (nSPS) is 20.4. The molecule has 2 aliphatic rings. The van der Waals surface area contributed by atoms with E-state index in [2.05, 4.69) is 78.6 Å². The average Bonchev–Trinajstić information content (AvgIpc) is 3.65. The topological polar surface area (TPSA) is 101 Å². The Kier molecular flexibility index (Phi) is 7.12. The summed E-state index contributed by atoms with van der Waals surface area (Å²) in [5.41, 5.74) is 12.1. The van der Waals surface area contributed by atoms with Crippen molar-refractivity contribution in [2.75, 3.05) is 44.3 Å². The molecule has 5 aromatic rings. The van der Waals surface area contributed by atoms with E-state index in [1.54, 1.807) is 17.7 Å². The monoisotopic (exact) mass is 565 g/mol. The first-order chi connectivity index (χ1) is 20.1. The van der Waals surface area contributed by atoms with Gasteiger partial charge in [0, 0.05) is 54.4 Å². The Labute approximate surface area is 244 Å².